The largest absolute Gasteiger partial charge is 0.255 e. The maximum Gasteiger partial charge on any atom is 0.145 e. The van der Waals surface area contributed by atoms with Crippen LogP contribution in [0.5, 0.6) is 0 Å². The van der Waals surface area contributed by atoms with Gasteiger partial charge in [-0.15, -0.1) is 0 Å². The molecule has 0 aliphatic rings. The topological polar surface area (TPSA) is 12.4 Å². The van der Waals surface area contributed by atoms with Crippen molar-refractivity contribution in [2.24, 2.45) is 4.99 Å². The molecule has 0 N–H and O–H groups in total. The fraction of sp³-hybridized carbons (Fsp3) is 0.462. The molecule has 0 unspecified atom stereocenters. The van der Waals surface area contributed by atoms with E-state index < -0.39 is 4.84 Å². The Morgan fingerprint density at radius 2 is 1.88 bits per heavy atom. The Labute approximate surface area is 107 Å². The van der Waals surface area contributed by atoms with Crippen LogP contribution in [0.1, 0.15) is 32.6 Å². The predicted molar refractivity (Wildman–Crippen MR) is 73.2 cm³/mol. The number of hydrogen-bond acceptors (Lipinski definition) is 1. The van der Waals surface area contributed by atoms with Crippen molar-refractivity contribution < 1.29 is 0 Å². The summed E-state index contributed by atoms with van der Waals surface area (Å²) in [4.78, 5) is 3.98. The van der Waals surface area contributed by atoms with E-state index >= 15 is 0 Å². The molecule has 0 saturated heterocycles. The Morgan fingerprint density at radius 1 is 1.19 bits per heavy atom. The fourth-order valence-electron chi connectivity index (χ4n) is 1.44. The third kappa shape index (κ3) is 5.00. The van der Waals surface area contributed by atoms with E-state index in [2.05, 4.69) is 11.9 Å². The van der Waals surface area contributed by atoms with Crippen molar-refractivity contribution in [3.05, 3.63) is 30.3 Å². The molecular formula is C13H17Cl2N. The zero-order valence-corrected chi connectivity index (χ0v) is 11.0. The first-order valence-corrected chi connectivity index (χ1v) is 6.52. The van der Waals surface area contributed by atoms with E-state index in [4.69, 9.17) is 23.2 Å². The number of aliphatic imine (C=N–C) groups is 1. The third-order valence-corrected chi connectivity index (χ3v) is 2.82. The van der Waals surface area contributed by atoms with E-state index in [1.165, 1.54) is 12.8 Å². The van der Waals surface area contributed by atoms with Crippen LogP contribution in [0.2, 0.25) is 0 Å². The summed E-state index contributed by atoms with van der Waals surface area (Å²) in [5, 5.41) is 0. The maximum absolute atomic E-state index is 5.91. The van der Waals surface area contributed by atoms with Gasteiger partial charge in [0.2, 0.25) is 0 Å². The molecule has 0 aliphatic carbocycles. The van der Waals surface area contributed by atoms with Gasteiger partial charge in [-0.2, -0.15) is 0 Å². The number of nitrogens with zero attached hydrogens (tertiary/aromatic N) is 1. The lowest BCUT2D eigenvalue weighted by Gasteiger charge is -2.06. The quantitative estimate of drug-likeness (QED) is 0.380. The van der Waals surface area contributed by atoms with Crippen molar-refractivity contribution in [2.45, 2.75) is 37.4 Å². The SMILES string of the molecule is CCCCCC(=Nc1ccccc1)C(Cl)Cl. The summed E-state index contributed by atoms with van der Waals surface area (Å²) < 4.78 is 0. The van der Waals surface area contributed by atoms with Gasteiger partial charge in [0.1, 0.15) is 4.84 Å². The molecule has 0 spiro atoms. The van der Waals surface area contributed by atoms with Crippen LogP contribution >= 0.6 is 23.2 Å². The fourth-order valence-corrected chi connectivity index (χ4v) is 1.75. The molecule has 3 heteroatoms. The van der Waals surface area contributed by atoms with Gasteiger partial charge in [-0.1, -0.05) is 61.2 Å². The summed E-state index contributed by atoms with van der Waals surface area (Å²) in [6.07, 6.45) is 4.35. The molecule has 0 radical (unpaired) electrons. The number of halogens is 2. The van der Waals surface area contributed by atoms with Gasteiger partial charge in [0.15, 0.2) is 0 Å². The smallest absolute Gasteiger partial charge is 0.145 e. The molecule has 1 aromatic carbocycles. The molecule has 1 aromatic rings. The van der Waals surface area contributed by atoms with E-state index in [-0.39, 0.29) is 0 Å². The number of para-hydroxylation sites is 1. The van der Waals surface area contributed by atoms with Gasteiger partial charge in [-0.3, -0.25) is 4.99 Å². The minimum Gasteiger partial charge on any atom is -0.255 e. The monoisotopic (exact) mass is 257 g/mol. The Hall–Kier alpha value is -0.530. The summed E-state index contributed by atoms with van der Waals surface area (Å²) >= 11 is 11.8. The summed E-state index contributed by atoms with van der Waals surface area (Å²) in [6, 6.07) is 9.79. The van der Waals surface area contributed by atoms with E-state index in [1.54, 1.807) is 0 Å². The molecule has 16 heavy (non-hydrogen) atoms. The van der Waals surface area contributed by atoms with Crippen molar-refractivity contribution in [1.82, 2.24) is 0 Å². The van der Waals surface area contributed by atoms with Crippen LogP contribution < -0.4 is 0 Å². The number of unbranched alkanes of at least 4 members (excludes halogenated alkanes) is 2. The summed E-state index contributed by atoms with van der Waals surface area (Å²) in [7, 11) is 0. The lowest BCUT2D eigenvalue weighted by atomic mass is 10.1. The highest BCUT2D eigenvalue weighted by Crippen LogP contribution is 2.18. The van der Waals surface area contributed by atoms with E-state index in [9.17, 15) is 0 Å². The van der Waals surface area contributed by atoms with Crippen LogP contribution in [0.15, 0.2) is 35.3 Å². The number of benzene rings is 1. The molecule has 0 amide bonds. The Bertz CT molecular complexity index is 320. The van der Waals surface area contributed by atoms with Crippen LogP contribution in [-0.4, -0.2) is 10.5 Å². The summed E-state index contributed by atoms with van der Waals surface area (Å²) in [5.74, 6) is 0. The lowest BCUT2D eigenvalue weighted by Crippen LogP contribution is -2.07. The highest BCUT2D eigenvalue weighted by atomic mass is 35.5. The van der Waals surface area contributed by atoms with Crippen LogP contribution in [0, 0.1) is 0 Å². The molecule has 88 valence electrons. The second kappa shape index (κ2) is 7.70. The lowest BCUT2D eigenvalue weighted by molar-refractivity contribution is 0.740. The maximum atomic E-state index is 5.91. The molecule has 0 atom stereocenters. The molecule has 0 heterocycles. The van der Waals surface area contributed by atoms with E-state index in [0.717, 1.165) is 24.2 Å². The number of rotatable bonds is 6. The average Bonchev–Trinajstić information content (AvgIpc) is 2.29. The summed E-state index contributed by atoms with van der Waals surface area (Å²) in [6.45, 7) is 2.17. The van der Waals surface area contributed by atoms with Crippen LogP contribution in [0.3, 0.4) is 0 Å². The zero-order chi connectivity index (χ0) is 11.8. The molecule has 0 aromatic heterocycles. The van der Waals surface area contributed by atoms with Gasteiger partial charge in [-0.25, -0.2) is 0 Å². The summed E-state index contributed by atoms with van der Waals surface area (Å²) in [5.41, 5.74) is 1.78. The molecule has 0 saturated carbocycles. The van der Waals surface area contributed by atoms with Crippen molar-refractivity contribution >= 4 is 34.6 Å². The minimum absolute atomic E-state index is 0.503. The highest BCUT2D eigenvalue weighted by Gasteiger charge is 2.08. The van der Waals surface area contributed by atoms with Crippen molar-refractivity contribution in [3.63, 3.8) is 0 Å². The van der Waals surface area contributed by atoms with Gasteiger partial charge < -0.3 is 0 Å². The molecule has 1 rings (SSSR count). The number of alkyl halides is 2. The Kier molecular flexibility index (Phi) is 6.51. The highest BCUT2D eigenvalue weighted by molar-refractivity contribution is 6.54. The van der Waals surface area contributed by atoms with Gasteiger partial charge >= 0.3 is 0 Å². The molecule has 0 bridgehead atoms. The average molecular weight is 258 g/mol. The number of hydrogen-bond donors (Lipinski definition) is 0. The normalized spacial score (nSPS) is 12.1. The first-order valence-electron chi connectivity index (χ1n) is 5.64. The van der Waals surface area contributed by atoms with E-state index in [0.29, 0.717) is 0 Å². The van der Waals surface area contributed by atoms with Gasteiger partial charge in [0.25, 0.3) is 0 Å². The van der Waals surface area contributed by atoms with Crippen molar-refractivity contribution in [3.8, 4) is 0 Å². The minimum atomic E-state index is -0.503. The van der Waals surface area contributed by atoms with Crippen LogP contribution in [0.4, 0.5) is 5.69 Å². The third-order valence-electron chi connectivity index (χ3n) is 2.32. The van der Waals surface area contributed by atoms with Crippen molar-refractivity contribution in [1.29, 1.82) is 0 Å². The predicted octanol–water partition coefficient (Wildman–Crippen LogP) is 5.14. The van der Waals surface area contributed by atoms with Crippen LogP contribution in [0.25, 0.3) is 0 Å². The second-order valence-corrected chi connectivity index (χ2v) is 4.79. The molecule has 0 fully saturated rings. The standard InChI is InChI=1S/C13H17Cl2N/c1-2-3-5-10-12(13(14)15)16-11-8-6-4-7-9-11/h4,6-9,13H,2-3,5,10H2,1H3. The second-order valence-electron chi connectivity index (χ2n) is 3.70. The van der Waals surface area contributed by atoms with Crippen molar-refractivity contribution in [2.75, 3.05) is 0 Å². The Morgan fingerprint density at radius 3 is 2.44 bits per heavy atom. The first-order chi connectivity index (χ1) is 7.74. The van der Waals surface area contributed by atoms with Gasteiger partial charge in [0.05, 0.1) is 11.4 Å². The molecule has 1 nitrogen and oxygen atoms in total. The van der Waals surface area contributed by atoms with Gasteiger partial charge in [-0.05, 0) is 25.0 Å². The molecule has 0 aliphatic heterocycles. The van der Waals surface area contributed by atoms with E-state index in [1.807, 2.05) is 30.3 Å². The zero-order valence-electron chi connectivity index (χ0n) is 9.50. The Balaban J connectivity index is 2.66. The molecular weight excluding hydrogens is 241 g/mol. The van der Waals surface area contributed by atoms with Gasteiger partial charge in [0, 0.05) is 0 Å². The first kappa shape index (κ1) is 13.5. The van der Waals surface area contributed by atoms with Crippen LogP contribution in [-0.2, 0) is 0 Å².